The van der Waals surface area contributed by atoms with Crippen LogP contribution in [0.3, 0.4) is 0 Å². The van der Waals surface area contributed by atoms with Crippen LogP contribution in [0.1, 0.15) is 66.0 Å². The lowest BCUT2D eigenvalue weighted by Gasteiger charge is -2.24. The van der Waals surface area contributed by atoms with Gasteiger partial charge < -0.3 is 25.1 Å². The number of aliphatic hydroxyl groups excluding tert-OH is 1. The number of anilines is 1. The first kappa shape index (κ1) is 31.6. The van der Waals surface area contributed by atoms with Gasteiger partial charge in [-0.25, -0.2) is 15.0 Å². The number of aliphatic hydroxyl groups is 1. The van der Waals surface area contributed by atoms with Crippen molar-refractivity contribution < 1.29 is 33.5 Å². The molecule has 0 unspecified atom stereocenters. The third-order valence-electron chi connectivity index (χ3n) is 5.72. The molecule has 1 aliphatic rings. The van der Waals surface area contributed by atoms with Crippen LogP contribution in [0.2, 0.25) is 0 Å². The quantitative estimate of drug-likeness (QED) is 0.140. The van der Waals surface area contributed by atoms with Gasteiger partial charge in [-0.15, -0.1) is 0 Å². The van der Waals surface area contributed by atoms with Crippen LogP contribution < -0.4 is 21.6 Å². The maximum Gasteiger partial charge on any atom is 0.351 e. The third-order valence-corrected chi connectivity index (χ3v) is 7.85. The van der Waals surface area contributed by atoms with Crippen molar-refractivity contribution in [3.05, 3.63) is 34.6 Å². The molecule has 0 amide bonds. The predicted octanol–water partition coefficient (Wildman–Crippen LogP) is 1.82. The highest BCUT2D eigenvalue weighted by atomic mass is 31.2. The summed E-state index contributed by atoms with van der Waals surface area (Å²) >= 11 is 0. The number of esters is 2. The lowest BCUT2D eigenvalue weighted by Crippen LogP contribution is -2.41. The summed E-state index contributed by atoms with van der Waals surface area (Å²) in [5.41, 5.74) is 4.84. The van der Waals surface area contributed by atoms with Gasteiger partial charge in [0.15, 0.2) is 6.23 Å². The van der Waals surface area contributed by atoms with Crippen LogP contribution in [-0.4, -0.2) is 64.1 Å². The highest BCUT2D eigenvalue weighted by Gasteiger charge is 2.36. The maximum atomic E-state index is 13.9. The number of unbranched alkanes of at least 4 members (excludes halogenated alkanes) is 2. The second-order valence-corrected chi connectivity index (χ2v) is 11.3. The molecule has 2 rings (SSSR count). The maximum absolute atomic E-state index is 13.9. The second kappa shape index (κ2) is 15.1. The number of hydrogen-bond acceptors (Lipinski definition) is 10. The van der Waals surface area contributed by atoms with E-state index in [1.807, 2.05) is 13.8 Å². The highest BCUT2D eigenvalue weighted by molar-refractivity contribution is 7.63. The van der Waals surface area contributed by atoms with E-state index in [1.54, 1.807) is 0 Å². The summed E-state index contributed by atoms with van der Waals surface area (Å²) in [7, 11) is -3.74. The highest BCUT2D eigenvalue weighted by Crippen LogP contribution is 2.41. The molecule has 5 N–H and O–H groups in total. The number of nitrogens with one attached hydrogen (secondary N) is 2. The molecule has 2 heterocycles. The largest absolute Gasteiger partial charge is 0.465 e. The number of rotatable bonds is 15. The molecule has 13 nitrogen and oxygen atoms in total. The van der Waals surface area contributed by atoms with Crippen molar-refractivity contribution in [1.29, 1.82) is 0 Å². The van der Waals surface area contributed by atoms with Gasteiger partial charge in [0.25, 0.3) is 0 Å². The Morgan fingerprint density at radius 2 is 1.76 bits per heavy atom. The number of nitrogens with zero attached hydrogens (tertiary/aromatic N) is 2. The zero-order valence-corrected chi connectivity index (χ0v) is 23.3. The summed E-state index contributed by atoms with van der Waals surface area (Å²) in [6, 6.07) is -0.509. The van der Waals surface area contributed by atoms with Crippen molar-refractivity contribution in [2.24, 2.45) is 0 Å². The van der Waals surface area contributed by atoms with Gasteiger partial charge >= 0.3 is 17.6 Å². The summed E-state index contributed by atoms with van der Waals surface area (Å²) < 4.78 is 31.2. The van der Waals surface area contributed by atoms with Gasteiger partial charge in [0.1, 0.15) is 24.0 Å². The Morgan fingerprint density at radius 1 is 1.21 bits per heavy atom. The van der Waals surface area contributed by atoms with Gasteiger partial charge in [-0.1, -0.05) is 26.7 Å². The lowest BCUT2D eigenvalue weighted by molar-refractivity contribution is -0.145. The molecular formula is C24H40N5O8P. The van der Waals surface area contributed by atoms with E-state index >= 15 is 0 Å². The summed E-state index contributed by atoms with van der Waals surface area (Å²) in [6.07, 6.45) is 3.22. The Labute approximate surface area is 222 Å². The fourth-order valence-corrected chi connectivity index (χ4v) is 5.62. The van der Waals surface area contributed by atoms with Gasteiger partial charge in [0.2, 0.25) is 7.44 Å². The monoisotopic (exact) mass is 557 g/mol. The molecule has 1 aromatic rings. The van der Waals surface area contributed by atoms with Crippen LogP contribution in [-0.2, 0) is 28.4 Å². The molecule has 214 valence electrons. The molecule has 0 aliphatic carbocycles. The minimum absolute atomic E-state index is 0.0398. The number of nitrogens with two attached hydrogens (primary N) is 1. The molecule has 1 fully saturated rings. The van der Waals surface area contributed by atoms with Crippen LogP contribution in [0.5, 0.6) is 0 Å². The minimum atomic E-state index is -3.74. The van der Waals surface area contributed by atoms with Crippen LogP contribution in [0.15, 0.2) is 29.0 Å². The van der Waals surface area contributed by atoms with E-state index in [4.69, 9.17) is 19.9 Å². The molecule has 1 saturated heterocycles. The van der Waals surface area contributed by atoms with E-state index in [0.717, 1.165) is 17.4 Å². The first-order valence-electron chi connectivity index (χ1n) is 12.9. The van der Waals surface area contributed by atoms with E-state index in [-0.39, 0.29) is 25.5 Å². The Kier molecular flexibility index (Phi) is 12.6. The first-order chi connectivity index (χ1) is 18.0. The lowest BCUT2D eigenvalue weighted by atomic mass is 10.2. The Balaban J connectivity index is 2.17. The van der Waals surface area contributed by atoms with E-state index in [9.17, 15) is 24.1 Å². The van der Waals surface area contributed by atoms with Gasteiger partial charge in [0.05, 0.1) is 19.3 Å². The summed E-state index contributed by atoms with van der Waals surface area (Å²) in [4.78, 5) is 40.6. The Morgan fingerprint density at radius 3 is 2.26 bits per heavy atom. The predicted molar refractivity (Wildman–Crippen MR) is 141 cm³/mol. The Hall–Kier alpha value is -2.57. The fraction of sp³-hybridized carbons (Fsp3) is 0.667. The van der Waals surface area contributed by atoms with Crippen LogP contribution in [0.25, 0.3) is 0 Å². The standard InChI is InChI=1S/C24H40N5O8P/c1-5-7-12-35-22(31)16(3)27-38(34,28-17(4)23(32)36-13-8-6-2)14-10-18-15-19(30)21(37-18)29-11-9-20(25)26-24(29)33/h9-11,14,16-19,21,30H,5-8,12-13,15H2,1-4H3,(H2,25,26,33)(H2,27,28,34)/b14-10+/t16-,17-,18+,19+,21+/m0/s1. The second-order valence-electron chi connectivity index (χ2n) is 9.15. The topological polar surface area (TPSA) is 184 Å². The van der Waals surface area contributed by atoms with E-state index in [1.165, 1.54) is 38.0 Å². The number of hydrogen-bond donors (Lipinski definition) is 4. The van der Waals surface area contributed by atoms with E-state index < -0.39 is 55.6 Å². The fourth-order valence-electron chi connectivity index (χ4n) is 3.58. The van der Waals surface area contributed by atoms with E-state index in [0.29, 0.717) is 12.8 Å². The molecule has 0 aromatic carbocycles. The van der Waals surface area contributed by atoms with E-state index in [2.05, 4.69) is 15.2 Å². The molecule has 38 heavy (non-hydrogen) atoms. The normalized spacial score (nSPS) is 21.3. The molecule has 0 radical (unpaired) electrons. The molecule has 5 atom stereocenters. The number of ether oxygens (including phenoxy) is 3. The average Bonchev–Trinajstić information content (AvgIpc) is 3.23. The molecule has 1 aromatic heterocycles. The van der Waals surface area contributed by atoms with Gasteiger partial charge in [0, 0.05) is 18.4 Å². The molecule has 1 aliphatic heterocycles. The van der Waals surface area contributed by atoms with Crippen LogP contribution in [0, 0.1) is 0 Å². The zero-order valence-electron chi connectivity index (χ0n) is 22.4. The zero-order chi connectivity index (χ0) is 28.3. The summed E-state index contributed by atoms with van der Waals surface area (Å²) in [6.45, 7) is 7.42. The molecule has 14 heteroatoms. The van der Waals surface area contributed by atoms with Crippen molar-refractivity contribution >= 4 is 25.2 Å². The van der Waals surface area contributed by atoms with Crippen molar-refractivity contribution in [2.45, 2.75) is 90.3 Å². The number of nitrogen functional groups attached to an aromatic ring is 1. The minimum Gasteiger partial charge on any atom is -0.465 e. The van der Waals surface area contributed by atoms with Crippen LogP contribution >= 0.6 is 7.44 Å². The average molecular weight is 558 g/mol. The van der Waals surface area contributed by atoms with Gasteiger partial charge in [-0.05, 0) is 38.8 Å². The van der Waals surface area contributed by atoms with Crippen molar-refractivity contribution in [1.82, 2.24) is 19.7 Å². The van der Waals surface area contributed by atoms with Gasteiger partial charge in [-0.3, -0.25) is 18.7 Å². The number of aromatic nitrogens is 2. The van der Waals surface area contributed by atoms with Gasteiger partial charge in [-0.2, -0.15) is 4.98 Å². The SMILES string of the molecule is CCCCOC(=O)[C@H](C)NP(=O)(/C=C/[C@@H]1C[C@@H](O)[C@H](n2ccc(N)nc2=O)O1)N[C@@H](C)C(=O)OCCCC. The number of carbonyl (C=O) groups is 2. The summed E-state index contributed by atoms with van der Waals surface area (Å²) in [5, 5.41) is 16.0. The molecule has 0 spiro atoms. The van der Waals surface area contributed by atoms with Crippen LogP contribution in [0.4, 0.5) is 5.82 Å². The first-order valence-corrected chi connectivity index (χ1v) is 14.6. The smallest absolute Gasteiger partial charge is 0.351 e. The van der Waals surface area contributed by atoms with Crippen molar-refractivity contribution in [2.75, 3.05) is 18.9 Å². The third kappa shape index (κ3) is 9.63. The van der Waals surface area contributed by atoms with Crippen molar-refractivity contribution in [3.63, 3.8) is 0 Å². The molecule has 0 saturated carbocycles. The van der Waals surface area contributed by atoms with Crippen molar-refractivity contribution in [3.8, 4) is 0 Å². The number of carbonyl (C=O) groups excluding carboxylic acids is 2. The summed E-state index contributed by atoms with van der Waals surface area (Å²) in [5.74, 6) is 0.144. The molecule has 0 bridgehead atoms. The Bertz CT molecular complexity index is 1030. The molecular weight excluding hydrogens is 517 g/mol.